The number of hydrogen-bond donors (Lipinski definition) is 1. The van der Waals surface area contributed by atoms with Gasteiger partial charge in [0, 0.05) is 38.1 Å². The van der Waals surface area contributed by atoms with Crippen molar-refractivity contribution in [3.8, 4) is 0 Å². The van der Waals surface area contributed by atoms with E-state index in [1.54, 1.807) is 6.92 Å². The number of aryl methyl sites for hydroxylation is 2. The summed E-state index contributed by atoms with van der Waals surface area (Å²) < 4.78 is 8.01. The first-order valence-electron chi connectivity index (χ1n) is 8.07. The molecule has 124 valence electrons. The molecule has 23 heavy (non-hydrogen) atoms. The highest BCUT2D eigenvalue weighted by atomic mass is 16.5. The molecule has 7 heteroatoms. The van der Waals surface area contributed by atoms with Crippen LogP contribution in [0, 0.1) is 6.92 Å². The van der Waals surface area contributed by atoms with Crippen LogP contribution in [0.25, 0.3) is 0 Å². The summed E-state index contributed by atoms with van der Waals surface area (Å²) in [5, 5.41) is 0. The van der Waals surface area contributed by atoms with Crippen LogP contribution in [-0.2, 0) is 17.8 Å². The van der Waals surface area contributed by atoms with Gasteiger partial charge in [-0.25, -0.2) is 9.97 Å². The standard InChI is InChI=1S/C16H23N5O2/c1-3-5-21-6-4-17-15(21)11-20-7-8-23-14(10-20)13-9-16(22)19-12(2)18-13/h4,6,9,14H,3,5,7-8,10-11H2,1-2H3,(H,18,19,22)/t14-/m1/s1. The lowest BCUT2D eigenvalue weighted by atomic mass is 10.2. The van der Waals surface area contributed by atoms with Crippen LogP contribution >= 0.6 is 0 Å². The van der Waals surface area contributed by atoms with Gasteiger partial charge in [0.1, 0.15) is 17.8 Å². The largest absolute Gasteiger partial charge is 0.369 e. The van der Waals surface area contributed by atoms with Gasteiger partial charge in [-0.2, -0.15) is 0 Å². The maximum Gasteiger partial charge on any atom is 0.251 e. The lowest BCUT2D eigenvalue weighted by Gasteiger charge is -2.32. The van der Waals surface area contributed by atoms with Crippen molar-refractivity contribution in [3.05, 3.63) is 46.2 Å². The molecular formula is C16H23N5O2. The highest BCUT2D eigenvalue weighted by molar-refractivity contribution is 5.07. The van der Waals surface area contributed by atoms with E-state index in [2.05, 4.69) is 31.3 Å². The first kappa shape index (κ1) is 15.9. The zero-order chi connectivity index (χ0) is 16.2. The number of imidazole rings is 1. The smallest absolute Gasteiger partial charge is 0.251 e. The van der Waals surface area contributed by atoms with Gasteiger partial charge in [-0.1, -0.05) is 6.92 Å². The van der Waals surface area contributed by atoms with E-state index in [9.17, 15) is 4.79 Å². The van der Waals surface area contributed by atoms with E-state index in [0.717, 1.165) is 38.4 Å². The van der Waals surface area contributed by atoms with E-state index in [-0.39, 0.29) is 11.7 Å². The summed E-state index contributed by atoms with van der Waals surface area (Å²) in [4.78, 5) is 25.5. The van der Waals surface area contributed by atoms with E-state index in [0.29, 0.717) is 18.1 Å². The normalized spacial score (nSPS) is 19.1. The van der Waals surface area contributed by atoms with E-state index >= 15 is 0 Å². The fourth-order valence-electron chi connectivity index (χ4n) is 2.93. The Morgan fingerprint density at radius 2 is 2.35 bits per heavy atom. The summed E-state index contributed by atoms with van der Waals surface area (Å²) in [7, 11) is 0. The molecule has 0 spiro atoms. The molecule has 1 saturated heterocycles. The van der Waals surface area contributed by atoms with E-state index in [1.165, 1.54) is 6.07 Å². The van der Waals surface area contributed by atoms with Crippen molar-refractivity contribution in [2.24, 2.45) is 0 Å². The van der Waals surface area contributed by atoms with Gasteiger partial charge in [0.25, 0.3) is 5.56 Å². The number of morpholine rings is 1. The Kier molecular flexibility index (Phi) is 4.88. The maximum absolute atomic E-state index is 11.6. The number of hydrogen-bond acceptors (Lipinski definition) is 5. The highest BCUT2D eigenvalue weighted by Crippen LogP contribution is 2.20. The third kappa shape index (κ3) is 3.86. The first-order chi connectivity index (χ1) is 11.2. The molecule has 0 aliphatic carbocycles. The van der Waals surface area contributed by atoms with Crippen LogP contribution in [0.15, 0.2) is 23.3 Å². The summed E-state index contributed by atoms with van der Waals surface area (Å²) in [6.07, 6.45) is 4.80. The maximum atomic E-state index is 11.6. The minimum atomic E-state index is -0.167. The Labute approximate surface area is 135 Å². The zero-order valence-electron chi connectivity index (χ0n) is 13.7. The molecule has 3 rings (SSSR count). The van der Waals surface area contributed by atoms with Gasteiger partial charge in [0.2, 0.25) is 0 Å². The van der Waals surface area contributed by atoms with Crippen molar-refractivity contribution in [1.82, 2.24) is 24.4 Å². The molecular weight excluding hydrogens is 294 g/mol. The lowest BCUT2D eigenvalue weighted by molar-refractivity contribution is -0.0361. The minimum absolute atomic E-state index is 0.133. The van der Waals surface area contributed by atoms with Crippen molar-refractivity contribution in [2.75, 3.05) is 19.7 Å². The van der Waals surface area contributed by atoms with Gasteiger partial charge in [0.05, 0.1) is 18.8 Å². The summed E-state index contributed by atoms with van der Waals surface area (Å²) in [6.45, 7) is 7.93. The Bertz CT molecular complexity index is 708. The van der Waals surface area contributed by atoms with E-state index < -0.39 is 0 Å². The molecule has 1 N–H and O–H groups in total. The Balaban J connectivity index is 1.70. The monoisotopic (exact) mass is 317 g/mol. The lowest BCUT2D eigenvalue weighted by Crippen LogP contribution is -2.39. The zero-order valence-corrected chi connectivity index (χ0v) is 13.7. The molecule has 3 heterocycles. The van der Waals surface area contributed by atoms with Crippen LogP contribution < -0.4 is 5.56 Å². The average Bonchev–Trinajstić information content (AvgIpc) is 2.94. The second-order valence-electron chi connectivity index (χ2n) is 5.89. The van der Waals surface area contributed by atoms with Crippen LogP contribution in [0.4, 0.5) is 0 Å². The molecule has 1 atom stereocenters. The molecule has 0 unspecified atom stereocenters. The Morgan fingerprint density at radius 3 is 3.13 bits per heavy atom. The fourth-order valence-corrected chi connectivity index (χ4v) is 2.93. The average molecular weight is 317 g/mol. The second kappa shape index (κ2) is 7.06. The van der Waals surface area contributed by atoms with Gasteiger partial charge in [-0.15, -0.1) is 0 Å². The van der Waals surface area contributed by atoms with E-state index in [1.807, 2.05) is 12.4 Å². The minimum Gasteiger partial charge on any atom is -0.369 e. The Hall–Kier alpha value is -1.99. The quantitative estimate of drug-likeness (QED) is 0.898. The summed E-state index contributed by atoms with van der Waals surface area (Å²) in [6, 6.07) is 1.53. The van der Waals surface area contributed by atoms with Crippen molar-refractivity contribution >= 4 is 0 Å². The molecule has 7 nitrogen and oxygen atoms in total. The highest BCUT2D eigenvalue weighted by Gasteiger charge is 2.24. The van der Waals surface area contributed by atoms with Crippen LogP contribution in [0.5, 0.6) is 0 Å². The summed E-state index contributed by atoms with van der Waals surface area (Å²) in [5.74, 6) is 1.69. The van der Waals surface area contributed by atoms with Gasteiger partial charge in [-0.3, -0.25) is 9.69 Å². The molecule has 2 aromatic rings. The van der Waals surface area contributed by atoms with Crippen molar-refractivity contribution < 1.29 is 4.74 Å². The van der Waals surface area contributed by atoms with Crippen LogP contribution in [0.1, 0.15) is 36.8 Å². The second-order valence-corrected chi connectivity index (χ2v) is 5.89. The number of H-pyrrole nitrogens is 1. The van der Waals surface area contributed by atoms with E-state index in [4.69, 9.17) is 4.74 Å². The van der Waals surface area contributed by atoms with Crippen LogP contribution in [0.2, 0.25) is 0 Å². The molecule has 0 bridgehead atoms. The fraction of sp³-hybridized carbons (Fsp3) is 0.562. The number of nitrogens with zero attached hydrogens (tertiary/aromatic N) is 4. The summed E-state index contributed by atoms with van der Waals surface area (Å²) in [5.41, 5.74) is 0.569. The predicted molar refractivity (Wildman–Crippen MR) is 86.1 cm³/mol. The SMILES string of the molecule is CCCn1ccnc1CN1CCO[C@@H](c2cc(=O)[nH]c(C)n2)C1. The molecule has 0 amide bonds. The van der Waals surface area contributed by atoms with Gasteiger partial charge in [-0.05, 0) is 13.3 Å². The third-order valence-corrected chi connectivity index (χ3v) is 3.99. The molecule has 1 aliphatic heterocycles. The van der Waals surface area contributed by atoms with Crippen molar-refractivity contribution in [3.63, 3.8) is 0 Å². The van der Waals surface area contributed by atoms with Crippen molar-refractivity contribution in [2.45, 2.75) is 39.5 Å². The number of rotatable bonds is 5. The van der Waals surface area contributed by atoms with Crippen molar-refractivity contribution in [1.29, 1.82) is 0 Å². The number of nitrogens with one attached hydrogen (secondary N) is 1. The third-order valence-electron chi connectivity index (χ3n) is 3.99. The summed E-state index contributed by atoms with van der Waals surface area (Å²) >= 11 is 0. The van der Waals surface area contributed by atoms with Gasteiger partial charge >= 0.3 is 0 Å². The predicted octanol–water partition coefficient (Wildman–Crippen LogP) is 1.26. The molecule has 0 saturated carbocycles. The first-order valence-corrected chi connectivity index (χ1v) is 8.07. The number of aromatic nitrogens is 4. The molecule has 1 fully saturated rings. The van der Waals surface area contributed by atoms with Crippen LogP contribution in [0.3, 0.4) is 0 Å². The van der Waals surface area contributed by atoms with Gasteiger partial charge in [0.15, 0.2) is 0 Å². The molecule has 1 aliphatic rings. The number of aromatic amines is 1. The van der Waals surface area contributed by atoms with Crippen LogP contribution in [-0.4, -0.2) is 44.1 Å². The molecule has 0 radical (unpaired) electrons. The van der Waals surface area contributed by atoms with Gasteiger partial charge < -0.3 is 14.3 Å². The molecule has 0 aromatic carbocycles. The molecule has 2 aromatic heterocycles. The number of ether oxygens (including phenoxy) is 1. The Morgan fingerprint density at radius 1 is 1.48 bits per heavy atom. The topological polar surface area (TPSA) is 76.0 Å².